The third-order valence-corrected chi connectivity index (χ3v) is 1.68. The highest BCUT2D eigenvalue weighted by molar-refractivity contribution is 5.97. The van der Waals surface area contributed by atoms with Gasteiger partial charge in [-0.2, -0.15) is 0 Å². The molecule has 0 radical (unpaired) electrons. The molecular formula is C9H10N2O3. The third-order valence-electron chi connectivity index (χ3n) is 1.68. The van der Waals surface area contributed by atoms with Crippen LogP contribution in [0.2, 0.25) is 0 Å². The Morgan fingerprint density at radius 3 is 2.86 bits per heavy atom. The molecule has 0 heterocycles. The van der Waals surface area contributed by atoms with Gasteiger partial charge in [-0.25, -0.2) is 0 Å². The minimum absolute atomic E-state index is 0.0255. The number of carbonyl (C=O) groups is 1. The molecule has 0 aliphatic heterocycles. The van der Waals surface area contributed by atoms with Gasteiger partial charge in [0.2, 0.25) is 0 Å². The van der Waals surface area contributed by atoms with Crippen molar-refractivity contribution in [3.8, 4) is 5.75 Å². The average Bonchev–Trinajstić information content (AvgIpc) is 2.17. The standard InChI is InChI=1S/C9H10N2O3/c1-11(10-14)6-9(13)7-3-2-4-8(12)5-7/h2-5,12H,6H2,1H3. The molecule has 0 bridgehead atoms. The molecule has 14 heavy (non-hydrogen) atoms. The van der Waals surface area contributed by atoms with Crippen molar-refractivity contribution in [3.05, 3.63) is 34.7 Å². The molecule has 1 aromatic carbocycles. The van der Waals surface area contributed by atoms with Crippen LogP contribution in [0.4, 0.5) is 0 Å². The van der Waals surface area contributed by atoms with Crippen molar-refractivity contribution in [1.29, 1.82) is 0 Å². The first-order valence-corrected chi connectivity index (χ1v) is 4.00. The Bertz CT molecular complexity index is 352. The number of nitroso groups, excluding NO2 is 1. The maximum Gasteiger partial charge on any atom is 0.184 e. The number of phenolic OH excluding ortho intramolecular Hbond substituents is 1. The van der Waals surface area contributed by atoms with E-state index in [2.05, 4.69) is 5.29 Å². The van der Waals surface area contributed by atoms with Crippen LogP contribution in [0.15, 0.2) is 29.6 Å². The van der Waals surface area contributed by atoms with Crippen LogP contribution in [0, 0.1) is 4.91 Å². The molecule has 0 saturated heterocycles. The molecule has 0 aromatic heterocycles. The zero-order valence-electron chi connectivity index (χ0n) is 7.67. The van der Waals surface area contributed by atoms with Crippen molar-refractivity contribution in [1.82, 2.24) is 5.01 Å². The lowest BCUT2D eigenvalue weighted by molar-refractivity contribution is 0.0947. The number of hydrogen-bond acceptors (Lipinski definition) is 4. The lowest BCUT2D eigenvalue weighted by atomic mass is 10.1. The second-order valence-electron chi connectivity index (χ2n) is 2.87. The first kappa shape index (κ1) is 10.2. The van der Waals surface area contributed by atoms with E-state index < -0.39 is 0 Å². The van der Waals surface area contributed by atoms with Gasteiger partial charge in [-0.1, -0.05) is 12.1 Å². The number of hydrogen-bond donors (Lipinski definition) is 1. The summed E-state index contributed by atoms with van der Waals surface area (Å²) in [5.41, 5.74) is 0.362. The molecule has 5 heteroatoms. The van der Waals surface area contributed by atoms with Crippen LogP contribution >= 0.6 is 0 Å². The fraction of sp³-hybridized carbons (Fsp3) is 0.222. The van der Waals surface area contributed by atoms with E-state index in [0.717, 1.165) is 5.01 Å². The van der Waals surface area contributed by atoms with Crippen LogP contribution in [-0.2, 0) is 0 Å². The van der Waals surface area contributed by atoms with Gasteiger partial charge in [-0.3, -0.25) is 9.80 Å². The highest BCUT2D eigenvalue weighted by Gasteiger charge is 2.08. The Morgan fingerprint density at radius 1 is 1.57 bits per heavy atom. The van der Waals surface area contributed by atoms with E-state index >= 15 is 0 Å². The summed E-state index contributed by atoms with van der Waals surface area (Å²) >= 11 is 0. The van der Waals surface area contributed by atoms with Gasteiger partial charge in [-0.15, -0.1) is 4.91 Å². The van der Waals surface area contributed by atoms with E-state index in [1.54, 1.807) is 12.1 Å². The Hall–Kier alpha value is -1.91. The monoisotopic (exact) mass is 194 g/mol. The first-order chi connectivity index (χ1) is 6.63. The van der Waals surface area contributed by atoms with Crippen molar-refractivity contribution in [2.75, 3.05) is 13.6 Å². The number of rotatable bonds is 4. The number of likely N-dealkylation sites (N-methyl/N-ethyl adjacent to an activating group) is 1. The largest absolute Gasteiger partial charge is 0.508 e. The fourth-order valence-corrected chi connectivity index (χ4v) is 1.01. The van der Waals surface area contributed by atoms with Gasteiger partial charge in [-0.05, 0) is 12.1 Å². The summed E-state index contributed by atoms with van der Waals surface area (Å²) in [6, 6.07) is 5.96. The van der Waals surface area contributed by atoms with Gasteiger partial charge in [0, 0.05) is 12.6 Å². The van der Waals surface area contributed by atoms with Crippen molar-refractivity contribution in [2.24, 2.45) is 5.29 Å². The fourth-order valence-electron chi connectivity index (χ4n) is 1.01. The lowest BCUT2D eigenvalue weighted by Gasteiger charge is -2.06. The molecule has 5 nitrogen and oxygen atoms in total. The van der Waals surface area contributed by atoms with Gasteiger partial charge < -0.3 is 5.11 Å². The van der Waals surface area contributed by atoms with E-state index in [9.17, 15) is 9.70 Å². The number of phenols is 1. The molecule has 0 aliphatic carbocycles. The second-order valence-corrected chi connectivity index (χ2v) is 2.87. The molecule has 0 fully saturated rings. The van der Waals surface area contributed by atoms with Crippen LogP contribution in [0.3, 0.4) is 0 Å². The molecule has 0 aliphatic rings. The minimum Gasteiger partial charge on any atom is -0.508 e. The van der Waals surface area contributed by atoms with Crippen LogP contribution in [0.1, 0.15) is 10.4 Å². The van der Waals surface area contributed by atoms with Gasteiger partial charge in [0.15, 0.2) is 5.78 Å². The molecule has 0 amide bonds. The molecule has 1 aromatic rings. The summed E-state index contributed by atoms with van der Waals surface area (Å²) in [5.74, 6) is -0.236. The van der Waals surface area contributed by atoms with Gasteiger partial charge in [0.1, 0.15) is 12.3 Å². The summed E-state index contributed by atoms with van der Waals surface area (Å²) in [4.78, 5) is 21.4. The van der Waals surface area contributed by atoms with Gasteiger partial charge in [0.05, 0.1) is 5.29 Å². The Morgan fingerprint density at radius 2 is 2.29 bits per heavy atom. The molecule has 0 unspecified atom stereocenters. The molecule has 0 atom stereocenters. The first-order valence-electron chi connectivity index (χ1n) is 4.00. The summed E-state index contributed by atoms with van der Waals surface area (Å²) in [6.07, 6.45) is 0. The van der Waals surface area contributed by atoms with Crippen LogP contribution in [0.5, 0.6) is 5.75 Å². The molecule has 74 valence electrons. The number of nitrogens with zero attached hydrogens (tertiary/aromatic N) is 2. The quantitative estimate of drug-likeness (QED) is 0.444. The van der Waals surface area contributed by atoms with Crippen molar-refractivity contribution in [3.63, 3.8) is 0 Å². The van der Waals surface area contributed by atoms with E-state index in [1.807, 2.05) is 0 Å². The normalized spacial score (nSPS) is 9.50. The second kappa shape index (κ2) is 4.36. The van der Waals surface area contributed by atoms with E-state index in [-0.39, 0.29) is 18.1 Å². The molecule has 1 rings (SSSR count). The maximum atomic E-state index is 11.4. The minimum atomic E-state index is -0.261. The molecule has 0 saturated carbocycles. The predicted octanol–water partition coefficient (Wildman–Crippen LogP) is 1.19. The topological polar surface area (TPSA) is 70.0 Å². The number of Topliss-reactive ketones (excluding diaryl/α,β-unsaturated/α-hetero) is 1. The molecule has 0 spiro atoms. The Balaban J connectivity index is 2.74. The number of ketones is 1. The van der Waals surface area contributed by atoms with Crippen molar-refractivity contribution >= 4 is 5.78 Å². The van der Waals surface area contributed by atoms with Gasteiger partial charge >= 0.3 is 0 Å². The molecule has 1 N–H and O–H groups in total. The van der Waals surface area contributed by atoms with Crippen LogP contribution in [0.25, 0.3) is 0 Å². The van der Waals surface area contributed by atoms with E-state index in [1.165, 1.54) is 19.2 Å². The van der Waals surface area contributed by atoms with Crippen LogP contribution in [-0.4, -0.2) is 29.5 Å². The van der Waals surface area contributed by atoms with Crippen molar-refractivity contribution in [2.45, 2.75) is 0 Å². The zero-order valence-corrected chi connectivity index (χ0v) is 7.67. The lowest BCUT2D eigenvalue weighted by Crippen LogP contribution is -2.20. The third kappa shape index (κ3) is 2.55. The summed E-state index contributed by atoms with van der Waals surface area (Å²) in [6.45, 7) is -0.0903. The van der Waals surface area contributed by atoms with Gasteiger partial charge in [0.25, 0.3) is 0 Å². The highest BCUT2D eigenvalue weighted by atomic mass is 16.3. The van der Waals surface area contributed by atoms with Crippen LogP contribution < -0.4 is 0 Å². The highest BCUT2D eigenvalue weighted by Crippen LogP contribution is 2.11. The predicted molar refractivity (Wildman–Crippen MR) is 50.9 cm³/mol. The SMILES string of the molecule is CN(CC(=O)c1cccc(O)c1)N=O. The maximum absolute atomic E-state index is 11.4. The van der Waals surface area contributed by atoms with E-state index in [4.69, 9.17) is 5.11 Å². The smallest absolute Gasteiger partial charge is 0.184 e. The number of benzene rings is 1. The number of carbonyl (C=O) groups excluding carboxylic acids is 1. The van der Waals surface area contributed by atoms with E-state index in [0.29, 0.717) is 5.56 Å². The Labute approximate surface area is 80.9 Å². The number of aromatic hydroxyl groups is 1. The summed E-state index contributed by atoms with van der Waals surface area (Å²) < 4.78 is 0. The Kier molecular flexibility index (Phi) is 3.17. The summed E-state index contributed by atoms with van der Waals surface area (Å²) in [5, 5.41) is 12.7. The average molecular weight is 194 g/mol. The van der Waals surface area contributed by atoms with Crippen molar-refractivity contribution < 1.29 is 9.90 Å². The molecular weight excluding hydrogens is 184 g/mol. The summed E-state index contributed by atoms with van der Waals surface area (Å²) in [7, 11) is 1.41. The zero-order chi connectivity index (χ0) is 10.6.